The minimum atomic E-state index is -0.313. The summed E-state index contributed by atoms with van der Waals surface area (Å²) in [6, 6.07) is 10.2. The second kappa shape index (κ2) is 7.64. The standard InChI is InChI=1S/C17H21NO3/c1-3-11-21-16-9-10-18(13-15(16)17(19)20-2)12-14-7-5-4-6-8-14/h3-8H,1,9-13H2,2H3. The summed E-state index contributed by atoms with van der Waals surface area (Å²) in [7, 11) is 1.40. The summed E-state index contributed by atoms with van der Waals surface area (Å²) in [5.41, 5.74) is 1.85. The van der Waals surface area contributed by atoms with Crippen LogP contribution in [-0.4, -0.2) is 37.7 Å². The van der Waals surface area contributed by atoms with Gasteiger partial charge in [-0.1, -0.05) is 43.0 Å². The molecule has 0 aromatic heterocycles. The van der Waals surface area contributed by atoms with Crippen LogP contribution < -0.4 is 0 Å². The normalized spacial score (nSPS) is 15.7. The Balaban J connectivity index is 2.08. The van der Waals surface area contributed by atoms with Crippen LogP contribution in [-0.2, 0) is 20.8 Å². The van der Waals surface area contributed by atoms with Crippen molar-refractivity contribution >= 4 is 5.97 Å². The van der Waals surface area contributed by atoms with E-state index in [1.807, 2.05) is 18.2 Å². The van der Waals surface area contributed by atoms with Crippen molar-refractivity contribution in [2.75, 3.05) is 26.8 Å². The lowest BCUT2D eigenvalue weighted by Gasteiger charge is -2.29. The fourth-order valence-electron chi connectivity index (χ4n) is 2.40. The van der Waals surface area contributed by atoms with Crippen LogP contribution in [0.3, 0.4) is 0 Å². The minimum Gasteiger partial charge on any atom is -0.493 e. The Morgan fingerprint density at radius 2 is 2.14 bits per heavy atom. The zero-order valence-electron chi connectivity index (χ0n) is 12.4. The Hall–Kier alpha value is -2.07. The summed E-state index contributed by atoms with van der Waals surface area (Å²) < 4.78 is 10.5. The van der Waals surface area contributed by atoms with E-state index in [0.29, 0.717) is 25.1 Å². The van der Waals surface area contributed by atoms with E-state index in [4.69, 9.17) is 9.47 Å². The molecular formula is C17H21NO3. The van der Waals surface area contributed by atoms with Crippen LogP contribution in [0.25, 0.3) is 0 Å². The molecule has 1 aromatic rings. The fourth-order valence-corrected chi connectivity index (χ4v) is 2.40. The lowest BCUT2D eigenvalue weighted by atomic mass is 10.1. The van der Waals surface area contributed by atoms with Crippen LogP contribution in [0.5, 0.6) is 0 Å². The van der Waals surface area contributed by atoms with Gasteiger partial charge in [-0.15, -0.1) is 0 Å². The molecule has 21 heavy (non-hydrogen) atoms. The third-order valence-electron chi connectivity index (χ3n) is 3.43. The number of benzene rings is 1. The number of esters is 1. The molecule has 0 amide bonds. The van der Waals surface area contributed by atoms with Crippen molar-refractivity contribution in [3.63, 3.8) is 0 Å². The molecule has 4 heteroatoms. The van der Waals surface area contributed by atoms with Crippen molar-refractivity contribution in [2.45, 2.75) is 13.0 Å². The summed E-state index contributed by atoms with van der Waals surface area (Å²) in [5, 5.41) is 0. The quantitative estimate of drug-likeness (QED) is 0.595. The maximum absolute atomic E-state index is 11.9. The fraction of sp³-hybridized carbons (Fsp3) is 0.353. The van der Waals surface area contributed by atoms with Gasteiger partial charge in [0.05, 0.1) is 12.7 Å². The van der Waals surface area contributed by atoms with E-state index in [-0.39, 0.29) is 5.97 Å². The van der Waals surface area contributed by atoms with Crippen LogP contribution >= 0.6 is 0 Å². The van der Waals surface area contributed by atoms with Crippen molar-refractivity contribution in [2.24, 2.45) is 0 Å². The van der Waals surface area contributed by atoms with Crippen LogP contribution in [0.1, 0.15) is 12.0 Å². The predicted octanol–water partition coefficient (Wildman–Crippen LogP) is 2.52. The number of methoxy groups -OCH3 is 1. The average Bonchev–Trinajstić information content (AvgIpc) is 2.53. The second-order valence-corrected chi connectivity index (χ2v) is 4.94. The number of nitrogens with zero attached hydrogens (tertiary/aromatic N) is 1. The maximum atomic E-state index is 11.9. The third-order valence-corrected chi connectivity index (χ3v) is 3.43. The molecule has 0 unspecified atom stereocenters. The molecule has 1 aliphatic heterocycles. The lowest BCUT2D eigenvalue weighted by molar-refractivity contribution is -0.137. The number of hydrogen-bond donors (Lipinski definition) is 0. The summed E-state index contributed by atoms with van der Waals surface area (Å²) in [6.45, 7) is 6.27. The molecular weight excluding hydrogens is 266 g/mol. The number of rotatable bonds is 6. The zero-order chi connectivity index (χ0) is 15.1. The molecule has 0 aliphatic carbocycles. The number of hydrogen-bond acceptors (Lipinski definition) is 4. The van der Waals surface area contributed by atoms with E-state index in [2.05, 4.69) is 23.6 Å². The Morgan fingerprint density at radius 3 is 2.81 bits per heavy atom. The van der Waals surface area contributed by atoms with Gasteiger partial charge in [0.25, 0.3) is 0 Å². The van der Waals surface area contributed by atoms with Gasteiger partial charge >= 0.3 is 5.97 Å². The van der Waals surface area contributed by atoms with Gasteiger partial charge in [-0.3, -0.25) is 4.90 Å². The molecule has 4 nitrogen and oxygen atoms in total. The number of carbonyl (C=O) groups excluding carboxylic acids is 1. The smallest absolute Gasteiger partial charge is 0.338 e. The monoisotopic (exact) mass is 287 g/mol. The average molecular weight is 287 g/mol. The highest BCUT2D eigenvalue weighted by atomic mass is 16.5. The highest BCUT2D eigenvalue weighted by molar-refractivity contribution is 5.89. The first kappa shape index (κ1) is 15.3. The molecule has 0 saturated heterocycles. The van der Waals surface area contributed by atoms with Gasteiger partial charge < -0.3 is 9.47 Å². The molecule has 0 bridgehead atoms. The second-order valence-electron chi connectivity index (χ2n) is 4.94. The summed E-state index contributed by atoms with van der Waals surface area (Å²) >= 11 is 0. The van der Waals surface area contributed by atoms with E-state index >= 15 is 0 Å². The predicted molar refractivity (Wildman–Crippen MR) is 81.5 cm³/mol. The van der Waals surface area contributed by atoms with Crippen molar-refractivity contribution in [1.82, 2.24) is 4.90 Å². The van der Waals surface area contributed by atoms with Crippen molar-refractivity contribution in [3.8, 4) is 0 Å². The van der Waals surface area contributed by atoms with Gasteiger partial charge in [-0.25, -0.2) is 4.79 Å². The number of ether oxygens (including phenoxy) is 2. The molecule has 1 heterocycles. The van der Waals surface area contributed by atoms with Gasteiger partial charge in [0.15, 0.2) is 0 Å². The molecule has 112 valence electrons. The lowest BCUT2D eigenvalue weighted by Crippen LogP contribution is -2.34. The Labute approximate surface area is 125 Å². The van der Waals surface area contributed by atoms with Gasteiger partial charge in [0, 0.05) is 26.1 Å². The first-order valence-corrected chi connectivity index (χ1v) is 7.05. The largest absolute Gasteiger partial charge is 0.493 e. The van der Waals surface area contributed by atoms with E-state index in [9.17, 15) is 4.79 Å². The SMILES string of the molecule is C=CCOC1=C(C(=O)OC)CN(Cc2ccccc2)CC1. The third kappa shape index (κ3) is 4.20. The molecule has 0 radical (unpaired) electrons. The summed E-state index contributed by atoms with van der Waals surface area (Å²) in [4.78, 5) is 14.2. The van der Waals surface area contributed by atoms with Gasteiger partial charge in [-0.05, 0) is 5.56 Å². The highest BCUT2D eigenvalue weighted by Gasteiger charge is 2.25. The van der Waals surface area contributed by atoms with Gasteiger partial charge in [-0.2, -0.15) is 0 Å². The first-order chi connectivity index (χ1) is 10.2. The Kier molecular flexibility index (Phi) is 5.58. The molecule has 1 aliphatic rings. The number of carbonyl (C=O) groups is 1. The summed E-state index contributed by atoms with van der Waals surface area (Å²) in [5.74, 6) is 0.415. The van der Waals surface area contributed by atoms with Crippen LogP contribution in [0.2, 0.25) is 0 Å². The molecule has 0 atom stereocenters. The van der Waals surface area contributed by atoms with E-state index in [0.717, 1.165) is 18.8 Å². The minimum absolute atomic E-state index is 0.313. The first-order valence-electron chi connectivity index (χ1n) is 7.05. The molecule has 0 saturated carbocycles. The van der Waals surface area contributed by atoms with Crippen LogP contribution in [0.15, 0.2) is 54.3 Å². The molecule has 1 aromatic carbocycles. The van der Waals surface area contributed by atoms with E-state index < -0.39 is 0 Å². The van der Waals surface area contributed by atoms with Gasteiger partial charge in [0.1, 0.15) is 12.4 Å². The highest BCUT2D eigenvalue weighted by Crippen LogP contribution is 2.21. The maximum Gasteiger partial charge on any atom is 0.338 e. The molecule has 2 rings (SSSR count). The molecule has 0 N–H and O–H groups in total. The van der Waals surface area contributed by atoms with Crippen LogP contribution in [0.4, 0.5) is 0 Å². The van der Waals surface area contributed by atoms with Crippen molar-refractivity contribution in [1.29, 1.82) is 0 Å². The van der Waals surface area contributed by atoms with Crippen LogP contribution in [0, 0.1) is 0 Å². The topological polar surface area (TPSA) is 38.8 Å². The van der Waals surface area contributed by atoms with E-state index in [1.165, 1.54) is 12.7 Å². The Morgan fingerprint density at radius 1 is 1.38 bits per heavy atom. The Bertz CT molecular complexity index is 522. The van der Waals surface area contributed by atoms with Crippen molar-refractivity contribution in [3.05, 3.63) is 59.9 Å². The van der Waals surface area contributed by atoms with E-state index in [1.54, 1.807) is 6.08 Å². The van der Waals surface area contributed by atoms with Crippen molar-refractivity contribution < 1.29 is 14.3 Å². The zero-order valence-corrected chi connectivity index (χ0v) is 12.4. The molecule has 0 fully saturated rings. The summed E-state index contributed by atoms with van der Waals surface area (Å²) in [6.07, 6.45) is 2.39. The van der Waals surface area contributed by atoms with Gasteiger partial charge in [0.2, 0.25) is 0 Å². The molecule has 0 spiro atoms.